The molecule has 1 rings (SSSR count). The third-order valence-corrected chi connectivity index (χ3v) is 2.36. The molecule has 74 valence electrons. The van der Waals surface area contributed by atoms with E-state index < -0.39 is 0 Å². The number of rotatable bonds is 4. The maximum Gasteiger partial charge on any atom is 0.203 e. The van der Waals surface area contributed by atoms with Gasteiger partial charge in [-0.25, -0.2) is 4.98 Å². The summed E-state index contributed by atoms with van der Waals surface area (Å²) in [6.07, 6.45) is 4.46. The molecule has 4 heteroatoms. The van der Waals surface area contributed by atoms with Gasteiger partial charge in [-0.1, -0.05) is 6.92 Å². The van der Waals surface area contributed by atoms with Gasteiger partial charge in [0.05, 0.1) is 12.1 Å². The van der Waals surface area contributed by atoms with Crippen molar-refractivity contribution >= 4 is 5.95 Å². The lowest BCUT2D eigenvalue weighted by molar-refractivity contribution is 0.218. The zero-order chi connectivity index (χ0) is 9.90. The highest BCUT2D eigenvalue weighted by atomic mass is 16.3. The minimum atomic E-state index is -0.279. The molecule has 2 N–H and O–H groups in total. The van der Waals surface area contributed by atoms with Crippen molar-refractivity contribution in [1.29, 1.82) is 0 Å². The number of aryl methyl sites for hydroxylation is 1. The highest BCUT2D eigenvalue weighted by Gasteiger charge is 2.21. The van der Waals surface area contributed by atoms with Gasteiger partial charge in [0.15, 0.2) is 0 Å². The third kappa shape index (κ3) is 2.21. The first-order valence-corrected chi connectivity index (χ1v) is 4.47. The van der Waals surface area contributed by atoms with Crippen molar-refractivity contribution in [1.82, 2.24) is 9.55 Å². The van der Waals surface area contributed by atoms with Gasteiger partial charge in [0.25, 0.3) is 0 Å². The summed E-state index contributed by atoms with van der Waals surface area (Å²) in [5.41, 5.74) is -0.279. The van der Waals surface area contributed by atoms with Crippen LogP contribution < -0.4 is 5.32 Å². The molecular weight excluding hydrogens is 166 g/mol. The van der Waals surface area contributed by atoms with Crippen LogP contribution in [0, 0.1) is 0 Å². The molecule has 1 aromatic heterocycles. The molecule has 0 aliphatic carbocycles. The lowest BCUT2D eigenvalue weighted by Crippen LogP contribution is -2.38. The monoisotopic (exact) mass is 183 g/mol. The molecule has 1 atom stereocenters. The number of hydrogen-bond donors (Lipinski definition) is 2. The predicted molar refractivity (Wildman–Crippen MR) is 52.6 cm³/mol. The summed E-state index contributed by atoms with van der Waals surface area (Å²) in [5.74, 6) is 0.790. The van der Waals surface area contributed by atoms with Crippen molar-refractivity contribution in [3.63, 3.8) is 0 Å². The Morgan fingerprint density at radius 3 is 2.77 bits per heavy atom. The van der Waals surface area contributed by atoms with Crippen molar-refractivity contribution in [2.45, 2.75) is 25.8 Å². The fraction of sp³-hybridized carbons (Fsp3) is 0.667. The number of aliphatic hydroxyl groups excluding tert-OH is 1. The summed E-state index contributed by atoms with van der Waals surface area (Å²) in [6.45, 7) is 4.12. The third-order valence-electron chi connectivity index (χ3n) is 2.36. The summed E-state index contributed by atoms with van der Waals surface area (Å²) in [6, 6.07) is 0. The maximum absolute atomic E-state index is 9.18. The second kappa shape index (κ2) is 3.79. The fourth-order valence-corrected chi connectivity index (χ4v) is 0.996. The molecule has 0 fully saturated rings. The van der Waals surface area contributed by atoms with Crippen molar-refractivity contribution < 1.29 is 5.11 Å². The molecule has 1 aromatic rings. The molecule has 0 bridgehead atoms. The number of nitrogens with one attached hydrogen (secondary N) is 1. The van der Waals surface area contributed by atoms with Crippen molar-refractivity contribution in [3.8, 4) is 0 Å². The van der Waals surface area contributed by atoms with Gasteiger partial charge in [0, 0.05) is 19.4 Å². The lowest BCUT2D eigenvalue weighted by Gasteiger charge is -2.27. The highest BCUT2D eigenvalue weighted by Crippen LogP contribution is 2.15. The Hall–Kier alpha value is -1.03. The Labute approximate surface area is 78.6 Å². The molecule has 0 aromatic carbocycles. The van der Waals surface area contributed by atoms with E-state index in [4.69, 9.17) is 0 Å². The summed E-state index contributed by atoms with van der Waals surface area (Å²) < 4.78 is 1.89. The van der Waals surface area contributed by atoms with E-state index in [0.29, 0.717) is 0 Å². The van der Waals surface area contributed by atoms with Crippen LogP contribution in [0.15, 0.2) is 12.4 Å². The molecule has 1 unspecified atom stereocenters. The number of aliphatic hydroxyl groups is 1. The van der Waals surface area contributed by atoms with Gasteiger partial charge in [0.2, 0.25) is 5.95 Å². The summed E-state index contributed by atoms with van der Waals surface area (Å²) in [5, 5.41) is 12.4. The first kappa shape index (κ1) is 10.1. The van der Waals surface area contributed by atoms with Gasteiger partial charge < -0.3 is 15.0 Å². The first-order chi connectivity index (χ1) is 6.11. The zero-order valence-electron chi connectivity index (χ0n) is 8.41. The smallest absolute Gasteiger partial charge is 0.203 e. The van der Waals surface area contributed by atoms with Crippen molar-refractivity contribution in [2.24, 2.45) is 7.05 Å². The number of nitrogens with zero attached hydrogens (tertiary/aromatic N) is 2. The second-order valence-corrected chi connectivity index (χ2v) is 3.56. The Bertz CT molecular complexity index is 266. The molecule has 4 nitrogen and oxygen atoms in total. The van der Waals surface area contributed by atoms with Crippen molar-refractivity contribution in [3.05, 3.63) is 12.4 Å². The van der Waals surface area contributed by atoms with Crippen LogP contribution in [0.3, 0.4) is 0 Å². The molecule has 0 saturated carbocycles. The van der Waals surface area contributed by atoms with Gasteiger partial charge in [-0.15, -0.1) is 0 Å². The fourth-order valence-electron chi connectivity index (χ4n) is 0.996. The number of aromatic nitrogens is 2. The Kier molecular flexibility index (Phi) is 2.93. The quantitative estimate of drug-likeness (QED) is 0.732. The first-order valence-electron chi connectivity index (χ1n) is 4.47. The summed E-state index contributed by atoms with van der Waals surface area (Å²) >= 11 is 0. The molecule has 0 aliphatic heterocycles. The average Bonchev–Trinajstić information content (AvgIpc) is 2.52. The number of hydrogen-bond acceptors (Lipinski definition) is 3. The van der Waals surface area contributed by atoms with Crippen LogP contribution in [0.5, 0.6) is 0 Å². The molecule has 1 heterocycles. The molecule has 0 radical (unpaired) electrons. The van der Waals surface area contributed by atoms with Gasteiger partial charge in [-0.3, -0.25) is 0 Å². The summed E-state index contributed by atoms with van der Waals surface area (Å²) in [4.78, 5) is 4.14. The minimum absolute atomic E-state index is 0.107. The largest absolute Gasteiger partial charge is 0.394 e. The predicted octanol–water partition coefficient (Wildman–Crippen LogP) is 0.993. The van der Waals surface area contributed by atoms with E-state index in [9.17, 15) is 5.11 Å². The molecule has 13 heavy (non-hydrogen) atoms. The zero-order valence-corrected chi connectivity index (χ0v) is 8.41. The van der Waals surface area contributed by atoms with Gasteiger partial charge in [0.1, 0.15) is 0 Å². The topological polar surface area (TPSA) is 50.1 Å². The number of imidazole rings is 1. The van der Waals surface area contributed by atoms with Gasteiger partial charge in [-0.2, -0.15) is 0 Å². The van der Waals surface area contributed by atoms with Gasteiger partial charge >= 0.3 is 0 Å². The molecule has 0 saturated heterocycles. The van der Waals surface area contributed by atoms with Crippen LogP contribution in [0.25, 0.3) is 0 Å². The van der Waals surface area contributed by atoms with E-state index in [1.807, 2.05) is 31.7 Å². The standard InChI is InChI=1S/C9H17N3O/c1-4-9(2,7-13)11-8-10-5-6-12(8)3/h5-6,13H,4,7H2,1-3H3,(H,10,11). The van der Waals surface area contributed by atoms with E-state index in [1.54, 1.807) is 6.20 Å². The van der Waals surface area contributed by atoms with E-state index in [1.165, 1.54) is 0 Å². The Morgan fingerprint density at radius 2 is 2.38 bits per heavy atom. The number of anilines is 1. The van der Waals surface area contributed by atoms with Crippen LogP contribution in [-0.2, 0) is 7.05 Å². The van der Waals surface area contributed by atoms with Crippen LogP contribution >= 0.6 is 0 Å². The van der Waals surface area contributed by atoms with E-state index in [0.717, 1.165) is 12.4 Å². The van der Waals surface area contributed by atoms with E-state index in [2.05, 4.69) is 10.3 Å². The normalized spacial score (nSPS) is 15.4. The lowest BCUT2D eigenvalue weighted by atomic mass is 10.0. The van der Waals surface area contributed by atoms with Crippen molar-refractivity contribution in [2.75, 3.05) is 11.9 Å². The van der Waals surface area contributed by atoms with Crippen LogP contribution in [0.1, 0.15) is 20.3 Å². The summed E-state index contributed by atoms with van der Waals surface area (Å²) in [7, 11) is 1.92. The SMILES string of the molecule is CCC(C)(CO)Nc1nccn1C. The van der Waals surface area contributed by atoms with Gasteiger partial charge in [-0.05, 0) is 13.3 Å². The van der Waals surface area contributed by atoms with Crippen LogP contribution in [0.4, 0.5) is 5.95 Å². The Morgan fingerprint density at radius 1 is 1.69 bits per heavy atom. The average molecular weight is 183 g/mol. The van der Waals surface area contributed by atoms with Crippen LogP contribution in [0.2, 0.25) is 0 Å². The highest BCUT2D eigenvalue weighted by molar-refractivity contribution is 5.29. The van der Waals surface area contributed by atoms with E-state index >= 15 is 0 Å². The molecule has 0 aliphatic rings. The maximum atomic E-state index is 9.18. The molecule has 0 spiro atoms. The van der Waals surface area contributed by atoms with E-state index in [-0.39, 0.29) is 12.1 Å². The molecular formula is C9H17N3O. The minimum Gasteiger partial charge on any atom is -0.394 e. The second-order valence-electron chi connectivity index (χ2n) is 3.56. The molecule has 0 amide bonds. The van der Waals surface area contributed by atoms with Crippen LogP contribution in [-0.4, -0.2) is 26.8 Å². The Balaban J connectivity index is 2.73.